The molecule has 0 aliphatic carbocycles. The van der Waals surface area contributed by atoms with Gasteiger partial charge in [0.2, 0.25) is 5.91 Å². The number of guanidine groups is 1. The van der Waals surface area contributed by atoms with Crippen LogP contribution in [0.4, 0.5) is 0 Å². The molecule has 1 aliphatic rings. The molecule has 1 unspecified atom stereocenters. The Balaban J connectivity index is 1.81. The lowest BCUT2D eigenvalue weighted by atomic mass is 10.0. The molecule has 6 heteroatoms. The third kappa shape index (κ3) is 7.99. The fourth-order valence-corrected chi connectivity index (χ4v) is 3.22. The quantitative estimate of drug-likeness (QED) is 0.370. The van der Waals surface area contributed by atoms with Crippen LogP contribution in [-0.4, -0.2) is 55.5 Å². The molecule has 1 aromatic carbocycles. The molecular weight excluding hydrogens is 338 g/mol. The molecule has 6 nitrogen and oxygen atoms in total. The van der Waals surface area contributed by atoms with Crippen molar-refractivity contribution in [3.63, 3.8) is 0 Å². The Kier molecular flexibility index (Phi) is 9.11. The maximum absolute atomic E-state index is 11.6. The lowest BCUT2D eigenvalue weighted by molar-refractivity contribution is -0.123. The van der Waals surface area contributed by atoms with Gasteiger partial charge in [-0.3, -0.25) is 14.7 Å². The van der Waals surface area contributed by atoms with Crippen molar-refractivity contribution in [2.45, 2.75) is 46.2 Å². The summed E-state index contributed by atoms with van der Waals surface area (Å²) in [4.78, 5) is 18.7. The summed E-state index contributed by atoms with van der Waals surface area (Å²) >= 11 is 0. The van der Waals surface area contributed by atoms with Gasteiger partial charge in [-0.05, 0) is 31.9 Å². The highest BCUT2D eigenvalue weighted by atomic mass is 16.1. The van der Waals surface area contributed by atoms with Gasteiger partial charge < -0.3 is 16.0 Å². The van der Waals surface area contributed by atoms with Gasteiger partial charge in [0.15, 0.2) is 5.96 Å². The van der Waals surface area contributed by atoms with Gasteiger partial charge in [-0.25, -0.2) is 0 Å². The van der Waals surface area contributed by atoms with Gasteiger partial charge in [-0.1, -0.05) is 44.2 Å². The molecule has 0 aromatic heterocycles. The number of aliphatic imine (C=N–C) groups is 1. The second kappa shape index (κ2) is 11.6. The summed E-state index contributed by atoms with van der Waals surface area (Å²) < 4.78 is 0. The molecule has 0 spiro atoms. The van der Waals surface area contributed by atoms with Crippen LogP contribution >= 0.6 is 0 Å². The maximum atomic E-state index is 11.6. The van der Waals surface area contributed by atoms with Crippen LogP contribution in [0.25, 0.3) is 0 Å². The zero-order chi connectivity index (χ0) is 19.5. The Morgan fingerprint density at radius 2 is 2.04 bits per heavy atom. The number of hydrogen-bond donors (Lipinski definition) is 3. The average Bonchev–Trinajstić information content (AvgIpc) is 2.66. The van der Waals surface area contributed by atoms with Crippen molar-refractivity contribution < 1.29 is 4.79 Å². The molecule has 1 heterocycles. The van der Waals surface area contributed by atoms with Gasteiger partial charge in [-0.2, -0.15) is 0 Å². The first kappa shape index (κ1) is 21.2. The van der Waals surface area contributed by atoms with Gasteiger partial charge in [-0.15, -0.1) is 0 Å². The van der Waals surface area contributed by atoms with E-state index in [4.69, 9.17) is 0 Å². The smallest absolute Gasteiger partial charge is 0.222 e. The SMILES string of the molecule is CCNC(=NCCNC(=O)C(C)C)NC1CCCN(Cc2ccccc2)C1. The Morgan fingerprint density at radius 3 is 2.74 bits per heavy atom. The zero-order valence-electron chi connectivity index (χ0n) is 17.0. The van der Waals surface area contributed by atoms with Crippen molar-refractivity contribution in [2.24, 2.45) is 10.9 Å². The van der Waals surface area contributed by atoms with Crippen molar-refractivity contribution in [1.82, 2.24) is 20.9 Å². The number of nitrogens with zero attached hydrogens (tertiary/aromatic N) is 2. The number of rotatable bonds is 8. The first-order chi connectivity index (χ1) is 13.1. The second-order valence-electron chi connectivity index (χ2n) is 7.41. The third-order valence-electron chi connectivity index (χ3n) is 4.64. The van der Waals surface area contributed by atoms with Crippen LogP contribution in [0.15, 0.2) is 35.3 Å². The molecule has 150 valence electrons. The average molecular weight is 374 g/mol. The molecule has 0 radical (unpaired) electrons. The van der Waals surface area contributed by atoms with Crippen LogP contribution in [0, 0.1) is 5.92 Å². The molecular formula is C21H35N5O. The number of benzene rings is 1. The Hall–Kier alpha value is -2.08. The molecule has 0 bridgehead atoms. The van der Waals surface area contributed by atoms with E-state index >= 15 is 0 Å². The topological polar surface area (TPSA) is 68.8 Å². The summed E-state index contributed by atoms with van der Waals surface area (Å²) in [6.45, 7) is 11.0. The molecule has 1 fully saturated rings. The van der Waals surface area contributed by atoms with Crippen molar-refractivity contribution in [3.8, 4) is 0 Å². The minimum atomic E-state index is 0.0122. The van der Waals surface area contributed by atoms with Crippen LogP contribution in [0.3, 0.4) is 0 Å². The van der Waals surface area contributed by atoms with E-state index in [1.807, 2.05) is 13.8 Å². The monoisotopic (exact) mass is 373 g/mol. The Bertz CT molecular complexity index is 587. The predicted molar refractivity (Wildman–Crippen MR) is 112 cm³/mol. The van der Waals surface area contributed by atoms with Gasteiger partial charge in [0.1, 0.15) is 0 Å². The maximum Gasteiger partial charge on any atom is 0.222 e. The molecule has 3 N–H and O–H groups in total. The van der Waals surface area contributed by atoms with Gasteiger partial charge in [0.25, 0.3) is 0 Å². The minimum absolute atomic E-state index is 0.0122. The molecule has 1 atom stereocenters. The molecule has 1 saturated heterocycles. The molecule has 1 amide bonds. The lowest BCUT2D eigenvalue weighted by Gasteiger charge is -2.34. The normalized spacial score (nSPS) is 18.4. The van der Waals surface area contributed by atoms with Crippen LogP contribution in [0.1, 0.15) is 39.2 Å². The number of carbonyl (C=O) groups excluding carboxylic acids is 1. The number of amides is 1. The first-order valence-electron chi connectivity index (χ1n) is 10.2. The molecule has 0 saturated carbocycles. The van der Waals surface area contributed by atoms with Crippen LogP contribution in [0.2, 0.25) is 0 Å². The van der Waals surface area contributed by atoms with Gasteiger partial charge in [0.05, 0.1) is 6.54 Å². The van der Waals surface area contributed by atoms with Crippen molar-refractivity contribution in [3.05, 3.63) is 35.9 Å². The van der Waals surface area contributed by atoms with E-state index in [0.717, 1.165) is 38.6 Å². The summed E-state index contributed by atoms with van der Waals surface area (Å²) in [5.41, 5.74) is 1.36. The molecule has 2 rings (SSSR count). The van der Waals surface area contributed by atoms with Crippen LogP contribution in [-0.2, 0) is 11.3 Å². The predicted octanol–water partition coefficient (Wildman–Crippen LogP) is 1.98. The Labute approximate surface area is 163 Å². The van der Waals surface area contributed by atoms with Gasteiger partial charge >= 0.3 is 0 Å². The summed E-state index contributed by atoms with van der Waals surface area (Å²) in [5.74, 6) is 0.924. The number of nitrogens with one attached hydrogen (secondary N) is 3. The van der Waals surface area contributed by atoms with Crippen molar-refractivity contribution in [2.75, 3.05) is 32.7 Å². The number of hydrogen-bond acceptors (Lipinski definition) is 3. The molecule has 1 aliphatic heterocycles. The summed E-state index contributed by atoms with van der Waals surface area (Å²) in [7, 11) is 0. The molecule has 1 aromatic rings. The van der Waals surface area contributed by atoms with Crippen molar-refractivity contribution in [1.29, 1.82) is 0 Å². The highest BCUT2D eigenvalue weighted by Gasteiger charge is 2.20. The summed E-state index contributed by atoms with van der Waals surface area (Å²) in [6.07, 6.45) is 2.34. The number of carbonyl (C=O) groups is 1. The highest BCUT2D eigenvalue weighted by Crippen LogP contribution is 2.13. The minimum Gasteiger partial charge on any atom is -0.357 e. The van der Waals surface area contributed by atoms with E-state index in [1.165, 1.54) is 12.0 Å². The summed E-state index contributed by atoms with van der Waals surface area (Å²) in [5, 5.41) is 9.79. The fraction of sp³-hybridized carbons (Fsp3) is 0.619. The van der Waals surface area contributed by atoms with Crippen LogP contribution in [0.5, 0.6) is 0 Å². The van der Waals surface area contributed by atoms with E-state index in [1.54, 1.807) is 0 Å². The highest BCUT2D eigenvalue weighted by molar-refractivity contribution is 5.80. The summed E-state index contributed by atoms with van der Waals surface area (Å²) in [6, 6.07) is 11.0. The van der Waals surface area contributed by atoms with E-state index in [-0.39, 0.29) is 11.8 Å². The standard InChI is InChI=1S/C21H35N5O/c1-4-22-21(24-13-12-23-20(27)17(2)3)25-19-11-8-14-26(16-19)15-18-9-6-5-7-10-18/h5-7,9-10,17,19H,4,8,11-16H2,1-3H3,(H,23,27)(H2,22,24,25). The third-order valence-corrected chi connectivity index (χ3v) is 4.64. The Morgan fingerprint density at radius 1 is 1.26 bits per heavy atom. The van der Waals surface area contributed by atoms with E-state index in [2.05, 4.69) is 63.1 Å². The second-order valence-corrected chi connectivity index (χ2v) is 7.41. The van der Waals surface area contributed by atoms with Crippen LogP contribution < -0.4 is 16.0 Å². The zero-order valence-corrected chi connectivity index (χ0v) is 17.0. The first-order valence-corrected chi connectivity index (χ1v) is 10.2. The fourth-order valence-electron chi connectivity index (χ4n) is 3.22. The number of piperidine rings is 1. The lowest BCUT2D eigenvalue weighted by Crippen LogP contribution is -2.51. The number of likely N-dealkylation sites (tertiary alicyclic amines) is 1. The largest absolute Gasteiger partial charge is 0.357 e. The molecule has 27 heavy (non-hydrogen) atoms. The van der Waals surface area contributed by atoms with E-state index < -0.39 is 0 Å². The van der Waals surface area contributed by atoms with Crippen molar-refractivity contribution >= 4 is 11.9 Å². The van der Waals surface area contributed by atoms with Gasteiger partial charge in [0, 0.05) is 38.1 Å². The van der Waals surface area contributed by atoms with E-state index in [0.29, 0.717) is 19.1 Å². The van der Waals surface area contributed by atoms with E-state index in [9.17, 15) is 4.79 Å².